The number of ether oxygens (including phenoxy) is 1. The van der Waals surface area contributed by atoms with Crippen molar-refractivity contribution in [3.63, 3.8) is 0 Å². The summed E-state index contributed by atoms with van der Waals surface area (Å²) in [6.07, 6.45) is 5.53. The van der Waals surface area contributed by atoms with Crippen LogP contribution in [0.5, 0.6) is 0 Å². The van der Waals surface area contributed by atoms with Crippen LogP contribution in [0.1, 0.15) is 20.3 Å². The number of hydrogen-bond acceptors (Lipinski definition) is 4. The van der Waals surface area contributed by atoms with Gasteiger partial charge in [-0.1, -0.05) is 19.1 Å². The second-order valence-corrected chi connectivity index (χ2v) is 5.52. The Balaban J connectivity index is 2.18. The number of rotatable bonds is 6. The zero-order chi connectivity index (χ0) is 17.0. The summed E-state index contributed by atoms with van der Waals surface area (Å²) >= 11 is 0. The van der Waals surface area contributed by atoms with Gasteiger partial charge in [-0.25, -0.2) is 4.79 Å². The lowest BCUT2D eigenvalue weighted by atomic mass is 9.91. The Labute approximate surface area is 135 Å². The Hall–Kier alpha value is -2.28. The van der Waals surface area contributed by atoms with Gasteiger partial charge in [0.05, 0.1) is 24.8 Å². The molecule has 0 fully saturated rings. The number of hydrogen-bond donors (Lipinski definition) is 1. The molecule has 1 aliphatic heterocycles. The fourth-order valence-electron chi connectivity index (χ4n) is 2.28. The molecule has 0 bridgehead atoms. The van der Waals surface area contributed by atoms with E-state index in [2.05, 4.69) is 10.3 Å². The highest BCUT2D eigenvalue weighted by molar-refractivity contribution is 6.23. The number of urea groups is 1. The van der Waals surface area contributed by atoms with Crippen molar-refractivity contribution >= 4 is 23.6 Å². The van der Waals surface area contributed by atoms with Gasteiger partial charge >= 0.3 is 6.03 Å². The molecule has 0 aromatic rings. The number of carbonyl (C=O) groups is 3. The summed E-state index contributed by atoms with van der Waals surface area (Å²) < 4.78 is 4.90. The third-order valence-corrected chi connectivity index (χ3v) is 3.85. The zero-order valence-electron chi connectivity index (χ0n) is 13.5. The minimum Gasteiger partial charge on any atom is -0.383 e. The predicted molar refractivity (Wildman–Crippen MR) is 85.0 cm³/mol. The number of amides is 4. The topological polar surface area (TPSA) is 88.1 Å². The van der Waals surface area contributed by atoms with Crippen LogP contribution >= 0.6 is 0 Å². The van der Waals surface area contributed by atoms with E-state index in [9.17, 15) is 14.4 Å². The van der Waals surface area contributed by atoms with Crippen LogP contribution in [0.15, 0.2) is 28.8 Å². The molecule has 2 atom stereocenters. The lowest BCUT2D eigenvalue weighted by Gasteiger charge is -2.28. The summed E-state index contributed by atoms with van der Waals surface area (Å²) in [5.74, 6) is -1.20. The van der Waals surface area contributed by atoms with Crippen molar-refractivity contribution in [3.05, 3.63) is 23.8 Å². The molecule has 0 saturated heterocycles. The van der Waals surface area contributed by atoms with Crippen molar-refractivity contribution in [1.82, 2.24) is 10.2 Å². The lowest BCUT2D eigenvalue weighted by molar-refractivity contribution is -0.130. The molecule has 1 heterocycles. The Morgan fingerprint density at radius 2 is 2.22 bits per heavy atom. The largest absolute Gasteiger partial charge is 0.383 e. The molecular formula is C16H21N3O4. The third kappa shape index (κ3) is 3.73. The first-order valence-electron chi connectivity index (χ1n) is 7.61. The van der Waals surface area contributed by atoms with Gasteiger partial charge in [0.15, 0.2) is 0 Å². The van der Waals surface area contributed by atoms with Crippen LogP contribution in [-0.2, 0) is 14.3 Å². The van der Waals surface area contributed by atoms with Gasteiger partial charge in [0.2, 0.25) is 5.91 Å². The van der Waals surface area contributed by atoms with Crippen LogP contribution in [0.3, 0.4) is 0 Å². The normalized spacial score (nSPS) is 21.5. The van der Waals surface area contributed by atoms with Crippen molar-refractivity contribution in [2.75, 3.05) is 20.3 Å². The van der Waals surface area contributed by atoms with Crippen LogP contribution in [0.2, 0.25) is 0 Å². The minimum atomic E-state index is -0.621. The summed E-state index contributed by atoms with van der Waals surface area (Å²) in [5, 5.41) is 2.84. The van der Waals surface area contributed by atoms with E-state index in [1.807, 2.05) is 13.8 Å². The first kappa shape index (κ1) is 17.1. The van der Waals surface area contributed by atoms with Crippen molar-refractivity contribution in [3.8, 4) is 0 Å². The van der Waals surface area contributed by atoms with Crippen LogP contribution in [0, 0.1) is 5.92 Å². The lowest BCUT2D eigenvalue weighted by Crippen LogP contribution is -2.47. The number of methoxy groups -OCH3 is 1. The molecule has 2 aliphatic rings. The van der Waals surface area contributed by atoms with E-state index in [-0.39, 0.29) is 31.0 Å². The van der Waals surface area contributed by atoms with Crippen molar-refractivity contribution in [2.24, 2.45) is 10.9 Å². The van der Waals surface area contributed by atoms with Gasteiger partial charge in [-0.2, -0.15) is 4.99 Å². The van der Waals surface area contributed by atoms with Gasteiger partial charge in [-0.3, -0.25) is 14.5 Å². The molecule has 7 nitrogen and oxygen atoms in total. The average molecular weight is 319 g/mol. The molecule has 2 unspecified atom stereocenters. The van der Waals surface area contributed by atoms with Crippen LogP contribution in [0.4, 0.5) is 4.79 Å². The molecule has 0 radical (unpaired) electrons. The molecule has 0 saturated carbocycles. The molecule has 2 rings (SSSR count). The van der Waals surface area contributed by atoms with Crippen LogP contribution < -0.4 is 5.32 Å². The highest BCUT2D eigenvalue weighted by atomic mass is 16.5. The van der Waals surface area contributed by atoms with Gasteiger partial charge in [-0.15, -0.1) is 0 Å². The quantitative estimate of drug-likeness (QED) is 0.793. The number of allylic oxidation sites excluding steroid dienone is 1. The molecule has 124 valence electrons. The number of imide groups is 1. The highest BCUT2D eigenvalue weighted by Gasteiger charge is 2.36. The molecule has 1 aliphatic carbocycles. The standard InChI is InChI=1S/C16H21N3O4/c1-4-10(2)17-14(20)11-5-6-12-13(9-11)18-16(22)19(15(12)21)7-8-23-3/h5-6,9-10,12H,4,7-8H2,1-3H3,(H,17,20). The maximum atomic E-state index is 12.4. The van der Waals surface area contributed by atoms with Crippen molar-refractivity contribution < 1.29 is 19.1 Å². The van der Waals surface area contributed by atoms with E-state index in [4.69, 9.17) is 4.74 Å². The number of carbonyl (C=O) groups excluding carboxylic acids is 3. The van der Waals surface area contributed by atoms with Gasteiger partial charge in [0.1, 0.15) is 0 Å². The van der Waals surface area contributed by atoms with Gasteiger partial charge < -0.3 is 10.1 Å². The second-order valence-electron chi connectivity index (χ2n) is 5.52. The zero-order valence-corrected chi connectivity index (χ0v) is 13.5. The van der Waals surface area contributed by atoms with Crippen LogP contribution in [-0.4, -0.2) is 54.8 Å². The first-order valence-corrected chi connectivity index (χ1v) is 7.61. The average Bonchev–Trinajstić information content (AvgIpc) is 2.53. The Bertz CT molecular complexity index is 606. The molecular weight excluding hydrogens is 298 g/mol. The molecule has 0 spiro atoms. The SMILES string of the molecule is CCC(C)NC(=O)C1=CC2=NC(=O)N(CCOC)C(=O)C2C=C1. The Morgan fingerprint density at radius 3 is 2.87 bits per heavy atom. The van der Waals surface area contributed by atoms with Gasteiger partial charge in [0.25, 0.3) is 5.91 Å². The van der Waals surface area contributed by atoms with E-state index in [0.29, 0.717) is 11.3 Å². The van der Waals surface area contributed by atoms with E-state index in [1.165, 1.54) is 13.2 Å². The van der Waals surface area contributed by atoms with Crippen molar-refractivity contribution in [2.45, 2.75) is 26.3 Å². The number of nitrogens with one attached hydrogen (secondary N) is 1. The number of aliphatic imine (C=N–C) groups is 1. The molecule has 23 heavy (non-hydrogen) atoms. The van der Waals surface area contributed by atoms with Crippen molar-refractivity contribution in [1.29, 1.82) is 0 Å². The summed E-state index contributed by atoms with van der Waals surface area (Å²) in [5.41, 5.74) is 0.705. The van der Waals surface area contributed by atoms with E-state index in [0.717, 1.165) is 11.3 Å². The van der Waals surface area contributed by atoms with E-state index in [1.54, 1.807) is 12.2 Å². The smallest absolute Gasteiger partial charge is 0.350 e. The monoisotopic (exact) mass is 319 g/mol. The molecule has 0 aromatic carbocycles. The molecule has 0 aromatic heterocycles. The summed E-state index contributed by atoms with van der Waals surface area (Å²) in [6, 6.07) is -0.567. The van der Waals surface area contributed by atoms with Crippen LogP contribution in [0.25, 0.3) is 0 Å². The molecule has 7 heteroatoms. The Kier molecular flexibility index (Phi) is 5.44. The first-order chi connectivity index (χ1) is 11.0. The maximum Gasteiger partial charge on any atom is 0.350 e. The molecule has 1 N–H and O–H groups in total. The number of fused-ring (bicyclic) bond motifs is 1. The van der Waals surface area contributed by atoms with E-state index < -0.39 is 11.9 Å². The highest BCUT2D eigenvalue weighted by Crippen LogP contribution is 2.22. The minimum absolute atomic E-state index is 0.0515. The summed E-state index contributed by atoms with van der Waals surface area (Å²) in [4.78, 5) is 41.5. The Morgan fingerprint density at radius 1 is 1.48 bits per heavy atom. The maximum absolute atomic E-state index is 12.4. The molecule has 4 amide bonds. The predicted octanol–water partition coefficient (Wildman–Crippen LogP) is 1.06. The van der Waals surface area contributed by atoms with Gasteiger partial charge in [-0.05, 0) is 19.4 Å². The summed E-state index contributed by atoms with van der Waals surface area (Å²) in [7, 11) is 1.50. The summed E-state index contributed by atoms with van der Waals surface area (Å²) in [6.45, 7) is 4.31. The van der Waals surface area contributed by atoms with Gasteiger partial charge in [0, 0.05) is 18.7 Å². The van der Waals surface area contributed by atoms with E-state index >= 15 is 0 Å². The fourth-order valence-corrected chi connectivity index (χ4v) is 2.28. The number of nitrogens with zero attached hydrogens (tertiary/aromatic N) is 2. The second kappa shape index (κ2) is 7.32. The third-order valence-electron chi connectivity index (χ3n) is 3.85. The fraction of sp³-hybridized carbons (Fsp3) is 0.500.